The third kappa shape index (κ3) is 5.67. The van der Waals surface area contributed by atoms with Gasteiger partial charge in [0.1, 0.15) is 11.8 Å². The smallest absolute Gasteiger partial charge is 0.282 e. The lowest BCUT2D eigenvalue weighted by molar-refractivity contribution is -0.148. The Bertz CT molecular complexity index is 1020. The molecule has 11 heteroatoms. The van der Waals surface area contributed by atoms with Gasteiger partial charge in [-0.05, 0) is 31.2 Å². The molecule has 2 fully saturated rings. The van der Waals surface area contributed by atoms with Gasteiger partial charge < -0.3 is 9.64 Å². The molecule has 7 nitrogen and oxygen atoms in total. The number of alkyl halides is 4. The van der Waals surface area contributed by atoms with Crippen molar-refractivity contribution in [3.05, 3.63) is 29.7 Å². The summed E-state index contributed by atoms with van der Waals surface area (Å²) in [7, 11) is 0. The molecule has 186 valence electrons. The molecule has 2 aromatic heterocycles. The average Bonchev–Trinajstić information content (AvgIpc) is 3.21. The largest absolute Gasteiger partial charge is 0.470 e. The fourth-order valence-electron chi connectivity index (χ4n) is 4.22. The maximum Gasteiger partial charge on any atom is 0.282 e. The number of hydrogen-bond acceptors (Lipinski definition) is 5. The molecule has 0 spiro atoms. The van der Waals surface area contributed by atoms with Crippen LogP contribution < -0.4 is 4.74 Å². The molecule has 2 aromatic rings. The zero-order valence-electron chi connectivity index (χ0n) is 19.5. The maximum atomic E-state index is 13.5. The lowest BCUT2D eigenvalue weighted by Crippen LogP contribution is -2.58. The van der Waals surface area contributed by atoms with E-state index in [1.165, 1.54) is 12.3 Å². The number of carbonyl (C=O) groups excluding carboxylic acids is 1. The molecule has 0 unspecified atom stereocenters. The summed E-state index contributed by atoms with van der Waals surface area (Å²) < 4.78 is 60.2. The number of likely N-dealkylation sites (tertiary alicyclic amines) is 1. The monoisotopic (exact) mass is 483 g/mol. The number of amides is 1. The van der Waals surface area contributed by atoms with Crippen LogP contribution >= 0.6 is 0 Å². The van der Waals surface area contributed by atoms with Gasteiger partial charge in [-0.2, -0.15) is 10.1 Å². The Morgan fingerprint density at radius 3 is 2.47 bits per heavy atom. The molecule has 0 atom stereocenters. The Labute approximate surface area is 195 Å². The van der Waals surface area contributed by atoms with Crippen LogP contribution in [-0.4, -0.2) is 55.7 Å². The molecule has 0 N–H and O–H groups in total. The molecule has 4 rings (SSSR count). The maximum absolute atomic E-state index is 13.5. The van der Waals surface area contributed by atoms with Crippen LogP contribution in [0.25, 0.3) is 5.95 Å². The summed E-state index contributed by atoms with van der Waals surface area (Å²) in [6, 6.07) is 2.84. The van der Waals surface area contributed by atoms with Crippen LogP contribution in [-0.2, 0) is 11.2 Å². The van der Waals surface area contributed by atoms with E-state index < -0.39 is 23.5 Å². The van der Waals surface area contributed by atoms with Gasteiger partial charge in [-0.15, -0.1) is 0 Å². The second-order valence-corrected chi connectivity index (χ2v) is 10.2. The van der Waals surface area contributed by atoms with Crippen LogP contribution in [0.15, 0.2) is 18.3 Å². The van der Waals surface area contributed by atoms with Crippen molar-refractivity contribution >= 4 is 5.91 Å². The van der Waals surface area contributed by atoms with Crippen LogP contribution in [0.2, 0.25) is 0 Å². The second kappa shape index (κ2) is 9.14. The van der Waals surface area contributed by atoms with Gasteiger partial charge >= 0.3 is 0 Å². The summed E-state index contributed by atoms with van der Waals surface area (Å²) in [4.78, 5) is 22.9. The first kappa shape index (κ1) is 24.4. The van der Waals surface area contributed by atoms with Crippen LogP contribution in [0, 0.1) is 11.3 Å². The van der Waals surface area contributed by atoms with E-state index in [0.29, 0.717) is 38.0 Å². The molecule has 0 bridgehead atoms. The highest BCUT2D eigenvalue weighted by Crippen LogP contribution is 2.37. The number of carbonyl (C=O) groups is 1. The summed E-state index contributed by atoms with van der Waals surface area (Å²) >= 11 is 0. The average molecular weight is 484 g/mol. The molecule has 0 radical (unpaired) electrons. The van der Waals surface area contributed by atoms with Gasteiger partial charge in [-0.3, -0.25) is 4.79 Å². The van der Waals surface area contributed by atoms with Crippen molar-refractivity contribution in [3.63, 3.8) is 0 Å². The molecule has 1 amide bonds. The molecule has 1 saturated carbocycles. The van der Waals surface area contributed by atoms with E-state index >= 15 is 0 Å². The van der Waals surface area contributed by atoms with Crippen molar-refractivity contribution in [2.24, 2.45) is 11.3 Å². The fourth-order valence-corrected chi connectivity index (χ4v) is 4.22. The van der Waals surface area contributed by atoms with Gasteiger partial charge in [0.05, 0.1) is 18.8 Å². The molecule has 0 aromatic carbocycles. The number of hydrogen-bond donors (Lipinski definition) is 0. The Balaban J connectivity index is 1.51. The van der Waals surface area contributed by atoms with Gasteiger partial charge in [0.15, 0.2) is 0 Å². The zero-order valence-corrected chi connectivity index (χ0v) is 19.5. The predicted molar refractivity (Wildman–Crippen MR) is 115 cm³/mol. The lowest BCUT2D eigenvalue weighted by atomic mass is 9.84. The van der Waals surface area contributed by atoms with Gasteiger partial charge in [0.2, 0.25) is 17.7 Å². The SMILES string of the molecule is CC(C)(C)C(=O)N1CC(Oc2cc(CC3CCC(F)(F)CC3)nc(-n3ccc(C(F)F)n3)n2)C1. The summed E-state index contributed by atoms with van der Waals surface area (Å²) in [6.45, 7) is 6.39. The highest BCUT2D eigenvalue weighted by atomic mass is 19.3. The van der Waals surface area contributed by atoms with Gasteiger partial charge in [0.25, 0.3) is 12.4 Å². The highest BCUT2D eigenvalue weighted by Gasteiger charge is 2.38. The Morgan fingerprint density at radius 1 is 1.21 bits per heavy atom. The quantitative estimate of drug-likeness (QED) is 0.562. The highest BCUT2D eigenvalue weighted by molar-refractivity contribution is 5.82. The molecule has 34 heavy (non-hydrogen) atoms. The number of rotatable bonds is 6. The van der Waals surface area contributed by atoms with Gasteiger partial charge in [-0.25, -0.2) is 27.2 Å². The summed E-state index contributed by atoms with van der Waals surface area (Å²) in [6.07, 6.45) is -0.748. The summed E-state index contributed by atoms with van der Waals surface area (Å²) in [5.41, 5.74) is -0.313. The minimum atomic E-state index is -2.73. The first-order valence-corrected chi connectivity index (χ1v) is 11.5. The third-order valence-electron chi connectivity index (χ3n) is 6.18. The van der Waals surface area contributed by atoms with E-state index in [4.69, 9.17) is 4.74 Å². The molecule has 1 saturated heterocycles. The van der Waals surface area contributed by atoms with Crippen LogP contribution in [0.1, 0.15) is 64.3 Å². The number of halogens is 4. The Morgan fingerprint density at radius 2 is 1.88 bits per heavy atom. The van der Waals surface area contributed by atoms with E-state index in [0.717, 1.165) is 4.68 Å². The van der Waals surface area contributed by atoms with Crippen LogP contribution in [0.4, 0.5) is 17.6 Å². The van der Waals surface area contributed by atoms with Crippen molar-refractivity contribution in [1.29, 1.82) is 0 Å². The van der Waals surface area contributed by atoms with Crippen molar-refractivity contribution in [1.82, 2.24) is 24.6 Å². The molecular weight excluding hydrogens is 454 g/mol. The van der Waals surface area contributed by atoms with E-state index in [2.05, 4.69) is 15.1 Å². The summed E-state index contributed by atoms with van der Waals surface area (Å²) in [5, 5.41) is 3.84. The van der Waals surface area contributed by atoms with Gasteiger partial charge in [0, 0.05) is 30.5 Å². The van der Waals surface area contributed by atoms with Crippen molar-refractivity contribution in [2.75, 3.05) is 13.1 Å². The predicted octanol–water partition coefficient (Wildman–Crippen LogP) is 4.60. The van der Waals surface area contributed by atoms with E-state index in [-0.39, 0.29) is 42.6 Å². The van der Waals surface area contributed by atoms with E-state index in [1.807, 2.05) is 20.8 Å². The van der Waals surface area contributed by atoms with Crippen molar-refractivity contribution < 1.29 is 27.1 Å². The first-order valence-electron chi connectivity index (χ1n) is 11.5. The minimum absolute atomic E-state index is 0.0292. The fraction of sp³-hybridized carbons (Fsp3) is 0.652. The molecular formula is C23H29F4N5O2. The third-order valence-corrected chi connectivity index (χ3v) is 6.18. The van der Waals surface area contributed by atoms with Crippen molar-refractivity contribution in [2.45, 2.75) is 71.3 Å². The second-order valence-electron chi connectivity index (χ2n) is 10.2. The molecule has 1 aliphatic heterocycles. The molecule has 1 aliphatic carbocycles. The van der Waals surface area contributed by atoms with Crippen LogP contribution in [0.5, 0.6) is 5.88 Å². The standard InChI is InChI=1S/C23H29F4N5O2/c1-22(2,3)20(33)31-12-16(13-31)34-18-11-15(10-14-4-7-23(26,27)8-5-14)28-21(29-18)32-9-6-17(30-32)19(24)25/h6,9,11,14,16,19H,4-5,7-8,10,12-13H2,1-3H3. The zero-order chi connectivity index (χ0) is 24.7. The number of aromatic nitrogens is 4. The summed E-state index contributed by atoms with van der Waals surface area (Å²) in [5.74, 6) is -2.25. The van der Waals surface area contributed by atoms with Crippen LogP contribution in [0.3, 0.4) is 0 Å². The van der Waals surface area contributed by atoms with E-state index in [1.54, 1.807) is 11.0 Å². The lowest BCUT2D eigenvalue weighted by Gasteiger charge is -2.41. The number of nitrogens with zero attached hydrogens (tertiary/aromatic N) is 5. The molecule has 3 heterocycles. The Hall–Kier alpha value is -2.72. The number of ether oxygens (including phenoxy) is 1. The minimum Gasteiger partial charge on any atom is -0.470 e. The first-order chi connectivity index (χ1) is 15.9. The van der Waals surface area contributed by atoms with E-state index in [9.17, 15) is 22.4 Å². The topological polar surface area (TPSA) is 73.1 Å². The normalized spacial score (nSPS) is 19.4. The van der Waals surface area contributed by atoms with Gasteiger partial charge in [-0.1, -0.05) is 20.8 Å². The Kier molecular flexibility index (Phi) is 6.56. The van der Waals surface area contributed by atoms with Crippen molar-refractivity contribution in [3.8, 4) is 11.8 Å². The molecule has 2 aliphatic rings.